The Balaban J connectivity index is 2.30. The molecule has 1 N–H and O–H groups in total. The number of aromatic amines is 1. The molecule has 1 heterocycles. The van der Waals surface area contributed by atoms with Crippen LogP contribution in [0.15, 0.2) is 12.4 Å². The molecular weight excluding hydrogens is 484 g/mol. The molecule has 1 aromatic rings. The summed E-state index contributed by atoms with van der Waals surface area (Å²) in [5.41, 5.74) is 0. The zero-order valence-electron chi connectivity index (χ0n) is 28.3. The van der Waals surface area contributed by atoms with Crippen molar-refractivity contribution in [2.24, 2.45) is 0 Å². The van der Waals surface area contributed by atoms with E-state index in [1.165, 1.54) is 192 Å². The number of hydrogen-bond donors (Lipinski definition) is 1. The van der Waals surface area contributed by atoms with E-state index in [-0.39, 0.29) is 0 Å². The van der Waals surface area contributed by atoms with E-state index in [4.69, 9.17) is 0 Å². The molecule has 0 saturated heterocycles. The maximum Gasteiger partial charge on any atom is 0.257 e. The normalized spacial score (nSPS) is 13.2. The SMILES string of the molecule is CCCCCCCCCCCCCCCC(C)[n+]1cc[nH]c1C(CCCCCC)CCCCCCCCCCC. The number of nitrogens with one attached hydrogen (secondary N) is 1. The molecule has 2 unspecified atom stereocenters. The Hall–Kier alpha value is -0.790. The maximum atomic E-state index is 3.72. The first-order valence-electron chi connectivity index (χ1n) is 18.8. The summed E-state index contributed by atoms with van der Waals surface area (Å²) in [4.78, 5) is 3.72. The Morgan fingerprint density at radius 1 is 0.475 bits per heavy atom. The number of nitrogens with zero attached hydrogens (tertiary/aromatic N) is 1. The fraction of sp³-hybridized carbons (Fsp3) is 0.921. The summed E-state index contributed by atoms with van der Waals surface area (Å²) in [5.74, 6) is 2.24. The van der Waals surface area contributed by atoms with Crippen molar-refractivity contribution in [1.82, 2.24) is 4.98 Å². The standard InChI is InChI=1S/C38H74N2/c1-5-8-11-14-16-18-19-20-21-23-24-26-28-31-36(4)40-35-34-39-38(40)37(32-29-13-10-7-3)33-30-27-25-22-17-15-12-9-6-2/h34-37H,5-33H2,1-4H3/p+1. The molecule has 0 radical (unpaired) electrons. The highest BCUT2D eigenvalue weighted by Crippen LogP contribution is 2.27. The molecule has 0 aliphatic heterocycles. The summed E-state index contributed by atoms with van der Waals surface area (Å²) in [5, 5.41) is 0. The third kappa shape index (κ3) is 20.1. The van der Waals surface area contributed by atoms with Crippen molar-refractivity contribution < 1.29 is 4.57 Å². The van der Waals surface area contributed by atoms with Crippen molar-refractivity contribution in [2.45, 2.75) is 226 Å². The van der Waals surface area contributed by atoms with Gasteiger partial charge in [0.1, 0.15) is 12.4 Å². The monoisotopic (exact) mass is 560 g/mol. The molecule has 0 aromatic carbocycles. The molecule has 0 aliphatic rings. The van der Waals surface area contributed by atoms with Gasteiger partial charge in [-0.3, -0.25) is 0 Å². The number of imidazole rings is 1. The lowest BCUT2D eigenvalue weighted by Crippen LogP contribution is -2.41. The van der Waals surface area contributed by atoms with Crippen LogP contribution in [-0.2, 0) is 0 Å². The molecule has 0 amide bonds. The van der Waals surface area contributed by atoms with Crippen LogP contribution in [0.2, 0.25) is 0 Å². The van der Waals surface area contributed by atoms with Gasteiger partial charge in [0.05, 0.1) is 12.0 Å². The smallest absolute Gasteiger partial charge is 0.247 e. The first-order chi connectivity index (χ1) is 19.7. The van der Waals surface area contributed by atoms with Crippen molar-refractivity contribution in [1.29, 1.82) is 0 Å². The number of H-pyrrole nitrogens is 1. The van der Waals surface area contributed by atoms with Gasteiger partial charge in [0, 0.05) is 0 Å². The molecule has 2 atom stereocenters. The Kier molecular flexibility index (Phi) is 26.4. The van der Waals surface area contributed by atoms with Crippen molar-refractivity contribution in [2.75, 3.05) is 0 Å². The Labute approximate surface area is 253 Å². The van der Waals surface area contributed by atoms with Crippen LogP contribution in [0, 0.1) is 0 Å². The van der Waals surface area contributed by atoms with E-state index in [0.29, 0.717) is 12.0 Å². The highest BCUT2D eigenvalue weighted by Gasteiger charge is 2.25. The number of hydrogen-bond acceptors (Lipinski definition) is 0. The lowest BCUT2D eigenvalue weighted by Gasteiger charge is -2.17. The fourth-order valence-electron chi connectivity index (χ4n) is 6.60. The first-order valence-corrected chi connectivity index (χ1v) is 18.8. The predicted octanol–water partition coefficient (Wildman–Crippen LogP) is 13.3. The summed E-state index contributed by atoms with van der Waals surface area (Å²) in [6.45, 7) is 9.41. The minimum Gasteiger partial charge on any atom is -0.247 e. The molecule has 1 rings (SSSR count). The van der Waals surface area contributed by atoms with Gasteiger partial charge in [0.25, 0.3) is 5.82 Å². The molecule has 0 aliphatic carbocycles. The van der Waals surface area contributed by atoms with Crippen molar-refractivity contribution in [3.05, 3.63) is 18.2 Å². The Morgan fingerprint density at radius 2 is 0.800 bits per heavy atom. The highest BCUT2D eigenvalue weighted by atomic mass is 15.1. The van der Waals surface area contributed by atoms with Crippen LogP contribution in [-0.4, -0.2) is 4.98 Å². The second-order valence-electron chi connectivity index (χ2n) is 13.3. The third-order valence-corrected chi connectivity index (χ3v) is 9.39. The Bertz CT molecular complexity index is 621. The summed E-state index contributed by atoms with van der Waals surface area (Å²) in [7, 11) is 0. The van der Waals surface area contributed by atoms with Crippen LogP contribution < -0.4 is 4.57 Å². The van der Waals surface area contributed by atoms with Gasteiger partial charge in [-0.1, -0.05) is 181 Å². The van der Waals surface area contributed by atoms with Gasteiger partial charge in [-0.05, 0) is 32.6 Å². The molecule has 236 valence electrons. The van der Waals surface area contributed by atoms with Crippen LogP contribution in [0.1, 0.15) is 232 Å². The van der Waals surface area contributed by atoms with Crippen molar-refractivity contribution in [3.63, 3.8) is 0 Å². The molecule has 2 heteroatoms. The largest absolute Gasteiger partial charge is 0.257 e. The summed E-state index contributed by atoms with van der Waals surface area (Å²) in [6, 6.07) is 0.621. The van der Waals surface area contributed by atoms with Gasteiger partial charge in [0.15, 0.2) is 0 Å². The van der Waals surface area contributed by atoms with E-state index < -0.39 is 0 Å². The van der Waals surface area contributed by atoms with E-state index >= 15 is 0 Å². The van der Waals surface area contributed by atoms with E-state index in [0.717, 1.165) is 0 Å². The average molecular weight is 560 g/mol. The average Bonchev–Trinajstić information content (AvgIpc) is 3.45. The van der Waals surface area contributed by atoms with Crippen molar-refractivity contribution in [3.8, 4) is 0 Å². The van der Waals surface area contributed by atoms with Gasteiger partial charge in [-0.25, -0.2) is 9.55 Å². The molecule has 0 bridgehead atoms. The van der Waals surface area contributed by atoms with Crippen LogP contribution in [0.25, 0.3) is 0 Å². The van der Waals surface area contributed by atoms with Gasteiger partial charge < -0.3 is 0 Å². The number of unbranched alkanes of at least 4 members (excludes halogenated alkanes) is 23. The topological polar surface area (TPSA) is 19.7 Å². The fourth-order valence-corrected chi connectivity index (χ4v) is 6.60. The maximum absolute atomic E-state index is 3.72. The van der Waals surface area contributed by atoms with Gasteiger partial charge in [0.2, 0.25) is 0 Å². The number of rotatable bonds is 31. The third-order valence-electron chi connectivity index (χ3n) is 9.39. The van der Waals surface area contributed by atoms with E-state index in [1.807, 2.05) is 0 Å². The lowest BCUT2D eigenvalue weighted by atomic mass is 9.93. The zero-order chi connectivity index (χ0) is 28.9. The van der Waals surface area contributed by atoms with E-state index in [9.17, 15) is 0 Å². The quantitative estimate of drug-likeness (QED) is 0.0689. The van der Waals surface area contributed by atoms with Crippen LogP contribution in [0.4, 0.5) is 0 Å². The first kappa shape index (κ1) is 37.2. The van der Waals surface area contributed by atoms with Gasteiger partial charge >= 0.3 is 0 Å². The summed E-state index contributed by atoms with van der Waals surface area (Å²) < 4.78 is 2.62. The van der Waals surface area contributed by atoms with Crippen LogP contribution in [0.5, 0.6) is 0 Å². The van der Waals surface area contributed by atoms with Crippen LogP contribution in [0.3, 0.4) is 0 Å². The van der Waals surface area contributed by atoms with E-state index in [1.54, 1.807) is 0 Å². The highest BCUT2D eigenvalue weighted by molar-refractivity contribution is 4.90. The molecule has 0 spiro atoms. The number of aromatic nitrogens is 2. The second-order valence-corrected chi connectivity index (χ2v) is 13.3. The molecule has 0 fully saturated rings. The molecule has 2 nitrogen and oxygen atoms in total. The predicted molar refractivity (Wildman–Crippen MR) is 179 cm³/mol. The molecule has 0 saturated carbocycles. The van der Waals surface area contributed by atoms with Gasteiger partial charge in [-0.2, -0.15) is 0 Å². The molecular formula is C38H75N2+. The molecule has 1 aromatic heterocycles. The van der Waals surface area contributed by atoms with Crippen LogP contribution >= 0.6 is 0 Å². The minimum atomic E-state index is 0.621. The van der Waals surface area contributed by atoms with Crippen molar-refractivity contribution >= 4 is 0 Å². The lowest BCUT2D eigenvalue weighted by molar-refractivity contribution is -0.727. The second kappa shape index (κ2) is 28.3. The van der Waals surface area contributed by atoms with E-state index in [2.05, 4.69) is 49.6 Å². The summed E-state index contributed by atoms with van der Waals surface area (Å²) >= 11 is 0. The zero-order valence-corrected chi connectivity index (χ0v) is 28.3. The van der Waals surface area contributed by atoms with Gasteiger partial charge in [-0.15, -0.1) is 0 Å². The molecule has 40 heavy (non-hydrogen) atoms. The summed E-state index contributed by atoms with van der Waals surface area (Å²) in [6.07, 6.45) is 45.7. The minimum absolute atomic E-state index is 0.621. The Morgan fingerprint density at radius 3 is 1.20 bits per heavy atom.